The summed E-state index contributed by atoms with van der Waals surface area (Å²) in [5.74, 6) is 0.671. The average Bonchev–Trinajstić information content (AvgIpc) is 2.44. The van der Waals surface area contributed by atoms with Gasteiger partial charge in [-0.2, -0.15) is 0 Å². The van der Waals surface area contributed by atoms with E-state index in [1.54, 1.807) is 43.5 Å². The monoisotopic (exact) mass is 290 g/mol. The molecule has 2 aromatic carbocycles. The molecule has 0 aliphatic carbocycles. The molecule has 2 aromatic rings. The molecule has 0 aromatic heterocycles. The Morgan fingerprint density at radius 1 is 1.05 bits per heavy atom. The SMILES string of the molecule is COc1cccc(C(=O)Oc2cc(C)c(Cl)c(C)c2)c1. The zero-order valence-corrected chi connectivity index (χ0v) is 12.3. The van der Waals surface area contributed by atoms with E-state index in [9.17, 15) is 4.79 Å². The molecule has 104 valence electrons. The second-order valence-corrected chi connectivity index (χ2v) is 4.87. The van der Waals surface area contributed by atoms with Crippen LogP contribution < -0.4 is 9.47 Å². The summed E-state index contributed by atoms with van der Waals surface area (Å²) in [4.78, 5) is 12.1. The molecule has 0 spiro atoms. The first-order valence-corrected chi connectivity index (χ1v) is 6.52. The van der Waals surface area contributed by atoms with Crippen molar-refractivity contribution in [1.82, 2.24) is 0 Å². The third-order valence-electron chi connectivity index (χ3n) is 2.93. The van der Waals surface area contributed by atoms with E-state index in [2.05, 4.69) is 0 Å². The standard InChI is InChI=1S/C16H15ClO3/c1-10-7-14(8-11(2)15(10)17)20-16(18)12-5-4-6-13(9-12)19-3/h4-9H,1-3H3. The zero-order chi connectivity index (χ0) is 14.7. The van der Waals surface area contributed by atoms with Gasteiger partial charge in [-0.15, -0.1) is 0 Å². The Morgan fingerprint density at radius 3 is 2.30 bits per heavy atom. The van der Waals surface area contributed by atoms with E-state index in [4.69, 9.17) is 21.1 Å². The van der Waals surface area contributed by atoms with Crippen molar-refractivity contribution in [3.63, 3.8) is 0 Å². The lowest BCUT2D eigenvalue weighted by atomic mass is 10.1. The topological polar surface area (TPSA) is 35.5 Å². The molecule has 0 atom stereocenters. The normalized spacial score (nSPS) is 10.2. The number of carbonyl (C=O) groups is 1. The lowest BCUT2D eigenvalue weighted by Crippen LogP contribution is -2.09. The summed E-state index contributed by atoms with van der Waals surface area (Å²) in [6.07, 6.45) is 0. The molecule has 0 heterocycles. The molecular formula is C16H15ClO3. The van der Waals surface area contributed by atoms with Crippen LogP contribution in [0.15, 0.2) is 36.4 Å². The lowest BCUT2D eigenvalue weighted by Gasteiger charge is -2.09. The Morgan fingerprint density at radius 2 is 1.70 bits per heavy atom. The minimum atomic E-state index is -0.426. The number of benzene rings is 2. The van der Waals surface area contributed by atoms with Crippen LogP contribution in [-0.2, 0) is 0 Å². The van der Waals surface area contributed by atoms with E-state index in [0.29, 0.717) is 22.1 Å². The molecular weight excluding hydrogens is 276 g/mol. The summed E-state index contributed by atoms with van der Waals surface area (Å²) in [5, 5.41) is 0.686. The molecule has 0 unspecified atom stereocenters. The summed E-state index contributed by atoms with van der Waals surface area (Å²) >= 11 is 6.09. The fourth-order valence-electron chi connectivity index (χ4n) is 1.88. The number of esters is 1. The Hall–Kier alpha value is -2.00. The van der Waals surface area contributed by atoms with Gasteiger partial charge in [-0.1, -0.05) is 17.7 Å². The van der Waals surface area contributed by atoms with Gasteiger partial charge >= 0.3 is 5.97 Å². The highest BCUT2D eigenvalue weighted by molar-refractivity contribution is 6.32. The van der Waals surface area contributed by atoms with Gasteiger partial charge in [-0.3, -0.25) is 0 Å². The van der Waals surface area contributed by atoms with Crippen molar-refractivity contribution in [2.75, 3.05) is 7.11 Å². The van der Waals surface area contributed by atoms with Gasteiger partial charge in [0.1, 0.15) is 11.5 Å². The van der Waals surface area contributed by atoms with Gasteiger partial charge in [-0.25, -0.2) is 4.79 Å². The molecule has 0 aliphatic rings. The fourth-order valence-corrected chi connectivity index (χ4v) is 1.99. The Kier molecular flexibility index (Phi) is 4.30. The van der Waals surface area contributed by atoms with E-state index in [1.165, 1.54) is 0 Å². The number of rotatable bonds is 3. The first-order chi connectivity index (χ1) is 9.51. The number of methoxy groups -OCH3 is 1. The number of aryl methyl sites for hydroxylation is 2. The van der Waals surface area contributed by atoms with Crippen molar-refractivity contribution in [3.05, 3.63) is 58.1 Å². The van der Waals surface area contributed by atoms with Crippen LogP contribution in [0, 0.1) is 13.8 Å². The molecule has 3 nitrogen and oxygen atoms in total. The van der Waals surface area contributed by atoms with Crippen LogP contribution >= 0.6 is 11.6 Å². The quantitative estimate of drug-likeness (QED) is 0.628. The third-order valence-corrected chi connectivity index (χ3v) is 3.52. The maximum atomic E-state index is 12.1. The molecule has 0 aliphatic heterocycles. The minimum Gasteiger partial charge on any atom is -0.497 e. The van der Waals surface area contributed by atoms with Gasteiger partial charge < -0.3 is 9.47 Å². The summed E-state index contributed by atoms with van der Waals surface area (Å²) in [5.41, 5.74) is 2.19. The Balaban J connectivity index is 2.23. The predicted molar refractivity (Wildman–Crippen MR) is 78.9 cm³/mol. The van der Waals surface area contributed by atoms with Crippen molar-refractivity contribution in [3.8, 4) is 11.5 Å². The first-order valence-electron chi connectivity index (χ1n) is 6.14. The number of hydrogen-bond donors (Lipinski definition) is 0. The highest BCUT2D eigenvalue weighted by atomic mass is 35.5. The van der Waals surface area contributed by atoms with Crippen LogP contribution in [0.2, 0.25) is 5.02 Å². The molecule has 0 radical (unpaired) electrons. The number of carbonyl (C=O) groups excluding carboxylic acids is 1. The van der Waals surface area contributed by atoms with Gasteiger partial charge in [0.2, 0.25) is 0 Å². The van der Waals surface area contributed by atoms with E-state index in [-0.39, 0.29) is 0 Å². The Labute approximate surface area is 123 Å². The van der Waals surface area contributed by atoms with Crippen LogP contribution in [0.5, 0.6) is 11.5 Å². The number of hydrogen-bond acceptors (Lipinski definition) is 3. The molecule has 0 amide bonds. The van der Waals surface area contributed by atoms with Gasteiger partial charge in [0.15, 0.2) is 0 Å². The van der Waals surface area contributed by atoms with Gasteiger partial charge in [0.25, 0.3) is 0 Å². The highest BCUT2D eigenvalue weighted by Crippen LogP contribution is 2.26. The summed E-state index contributed by atoms with van der Waals surface area (Å²) < 4.78 is 10.4. The molecule has 4 heteroatoms. The van der Waals surface area contributed by atoms with E-state index >= 15 is 0 Å². The van der Waals surface area contributed by atoms with Crippen molar-refractivity contribution < 1.29 is 14.3 Å². The van der Waals surface area contributed by atoms with Gasteiger partial charge in [-0.05, 0) is 55.3 Å². The predicted octanol–water partition coefficient (Wildman–Crippen LogP) is 4.18. The number of ether oxygens (including phenoxy) is 2. The van der Waals surface area contributed by atoms with Crippen molar-refractivity contribution >= 4 is 17.6 Å². The van der Waals surface area contributed by atoms with Crippen LogP contribution in [0.25, 0.3) is 0 Å². The maximum Gasteiger partial charge on any atom is 0.343 e. The number of halogens is 1. The van der Waals surface area contributed by atoms with Gasteiger partial charge in [0.05, 0.1) is 12.7 Å². The summed E-state index contributed by atoms with van der Waals surface area (Å²) in [7, 11) is 1.55. The fraction of sp³-hybridized carbons (Fsp3) is 0.188. The molecule has 20 heavy (non-hydrogen) atoms. The van der Waals surface area contributed by atoms with Crippen molar-refractivity contribution in [2.45, 2.75) is 13.8 Å². The zero-order valence-electron chi connectivity index (χ0n) is 11.6. The summed E-state index contributed by atoms with van der Waals surface area (Å²) in [6.45, 7) is 3.75. The lowest BCUT2D eigenvalue weighted by molar-refractivity contribution is 0.0734. The molecule has 0 saturated heterocycles. The van der Waals surface area contributed by atoms with Crippen molar-refractivity contribution in [1.29, 1.82) is 0 Å². The van der Waals surface area contributed by atoms with E-state index in [1.807, 2.05) is 13.8 Å². The van der Waals surface area contributed by atoms with E-state index in [0.717, 1.165) is 11.1 Å². The third kappa shape index (κ3) is 3.11. The first kappa shape index (κ1) is 14.4. The van der Waals surface area contributed by atoms with Gasteiger partial charge in [0, 0.05) is 5.02 Å². The van der Waals surface area contributed by atoms with Crippen LogP contribution in [0.1, 0.15) is 21.5 Å². The molecule has 0 bridgehead atoms. The van der Waals surface area contributed by atoms with Crippen molar-refractivity contribution in [2.24, 2.45) is 0 Å². The smallest absolute Gasteiger partial charge is 0.343 e. The molecule has 2 rings (SSSR count). The summed E-state index contributed by atoms with van der Waals surface area (Å²) in [6, 6.07) is 10.3. The second-order valence-electron chi connectivity index (χ2n) is 4.49. The highest BCUT2D eigenvalue weighted by Gasteiger charge is 2.11. The molecule has 0 N–H and O–H groups in total. The minimum absolute atomic E-state index is 0.426. The average molecular weight is 291 g/mol. The Bertz CT molecular complexity index is 627. The largest absolute Gasteiger partial charge is 0.497 e. The van der Waals surface area contributed by atoms with E-state index < -0.39 is 5.97 Å². The van der Waals surface area contributed by atoms with Crippen LogP contribution in [0.4, 0.5) is 0 Å². The molecule has 0 saturated carbocycles. The molecule has 0 fully saturated rings. The maximum absolute atomic E-state index is 12.1. The van der Waals surface area contributed by atoms with Crippen LogP contribution in [-0.4, -0.2) is 13.1 Å². The van der Waals surface area contributed by atoms with Crippen LogP contribution in [0.3, 0.4) is 0 Å². The second kappa shape index (κ2) is 5.97.